The van der Waals surface area contributed by atoms with Crippen LogP contribution in [0.3, 0.4) is 0 Å². The molecule has 23 heavy (non-hydrogen) atoms. The van der Waals surface area contributed by atoms with E-state index in [0.717, 1.165) is 16.7 Å². The van der Waals surface area contributed by atoms with Crippen LogP contribution in [0, 0.1) is 13.8 Å². The van der Waals surface area contributed by atoms with Crippen molar-refractivity contribution in [1.29, 1.82) is 0 Å². The lowest BCUT2D eigenvalue weighted by Gasteiger charge is -2.19. The molecule has 0 amide bonds. The first-order valence-electron chi connectivity index (χ1n) is 7.36. The molecule has 0 N–H and O–H groups in total. The summed E-state index contributed by atoms with van der Waals surface area (Å²) in [6.07, 6.45) is -0.706. The number of aryl methyl sites for hydroxylation is 2. The summed E-state index contributed by atoms with van der Waals surface area (Å²) in [5, 5.41) is 0. The molecule has 0 radical (unpaired) electrons. The normalized spacial score (nSPS) is 12.3. The standard InChI is InChI=1S/C18H19O4P/c1-13-7-6-8-14(2)16(13)17(19)18(21-11-12-22-23-20)15-9-4-3-5-10-15/h3-10,18H,11-12H2,1-2H3. The topological polar surface area (TPSA) is 52.6 Å². The number of ketones is 1. The number of ether oxygens (including phenoxy) is 1. The van der Waals surface area contributed by atoms with Gasteiger partial charge in [0.15, 0.2) is 5.78 Å². The van der Waals surface area contributed by atoms with Gasteiger partial charge in [-0.3, -0.25) is 9.32 Å². The van der Waals surface area contributed by atoms with Gasteiger partial charge in [-0.15, -0.1) is 0 Å². The number of carbonyl (C=O) groups is 1. The fourth-order valence-corrected chi connectivity index (χ4v) is 2.67. The lowest BCUT2D eigenvalue weighted by atomic mass is 9.93. The molecule has 0 aliphatic rings. The molecule has 0 heterocycles. The average Bonchev–Trinajstić information content (AvgIpc) is 2.55. The van der Waals surface area contributed by atoms with Crippen molar-refractivity contribution in [2.24, 2.45) is 0 Å². The van der Waals surface area contributed by atoms with Gasteiger partial charge < -0.3 is 4.74 Å². The van der Waals surface area contributed by atoms with Crippen LogP contribution in [-0.2, 0) is 13.8 Å². The molecule has 2 aromatic rings. The van der Waals surface area contributed by atoms with Crippen LogP contribution in [0.2, 0.25) is 0 Å². The highest BCUT2D eigenvalue weighted by Gasteiger charge is 2.25. The largest absolute Gasteiger partial charge is 0.363 e. The summed E-state index contributed by atoms with van der Waals surface area (Å²) < 4.78 is 20.8. The van der Waals surface area contributed by atoms with Crippen molar-refractivity contribution in [3.8, 4) is 0 Å². The molecule has 0 aliphatic carbocycles. The Labute approximate surface area is 137 Å². The van der Waals surface area contributed by atoms with E-state index in [1.54, 1.807) is 0 Å². The second-order valence-corrected chi connectivity index (χ2v) is 5.61. The predicted octanol–water partition coefficient (Wildman–Crippen LogP) is 4.47. The molecule has 0 saturated heterocycles. The zero-order valence-electron chi connectivity index (χ0n) is 13.2. The average molecular weight is 330 g/mol. The molecular formula is C18H19O4P. The fourth-order valence-electron chi connectivity index (χ4n) is 2.53. The molecular weight excluding hydrogens is 311 g/mol. The quantitative estimate of drug-likeness (QED) is 0.407. The summed E-state index contributed by atoms with van der Waals surface area (Å²) in [6, 6.07) is 15.1. The minimum absolute atomic E-state index is 0.0773. The Morgan fingerprint density at radius 3 is 2.26 bits per heavy atom. The smallest absolute Gasteiger partial charge is 0.327 e. The molecule has 5 heteroatoms. The maximum atomic E-state index is 13.0. The summed E-state index contributed by atoms with van der Waals surface area (Å²) in [5.74, 6) is -0.0773. The molecule has 0 aliphatic heterocycles. The molecule has 1 atom stereocenters. The molecule has 0 spiro atoms. The third-order valence-corrected chi connectivity index (χ3v) is 3.87. The molecule has 4 nitrogen and oxygen atoms in total. The first-order chi connectivity index (χ1) is 11.1. The monoisotopic (exact) mass is 330 g/mol. The molecule has 0 bridgehead atoms. The lowest BCUT2D eigenvalue weighted by Crippen LogP contribution is -2.20. The first kappa shape index (κ1) is 17.5. The van der Waals surface area contributed by atoms with Gasteiger partial charge in [-0.25, -0.2) is 4.57 Å². The third kappa shape index (κ3) is 4.55. The predicted molar refractivity (Wildman–Crippen MR) is 88.9 cm³/mol. The van der Waals surface area contributed by atoms with Crippen LogP contribution in [0.15, 0.2) is 48.5 Å². The van der Waals surface area contributed by atoms with E-state index in [2.05, 4.69) is 0 Å². The van der Waals surface area contributed by atoms with Crippen LogP contribution < -0.4 is 0 Å². The van der Waals surface area contributed by atoms with Gasteiger partial charge in [0.05, 0.1) is 13.2 Å². The van der Waals surface area contributed by atoms with Gasteiger partial charge in [-0.2, -0.15) is 0 Å². The Bertz CT molecular complexity index is 650. The van der Waals surface area contributed by atoms with Crippen LogP contribution in [0.1, 0.15) is 33.2 Å². The van der Waals surface area contributed by atoms with Crippen molar-refractivity contribution in [1.82, 2.24) is 0 Å². The van der Waals surface area contributed by atoms with Gasteiger partial charge in [-0.1, -0.05) is 48.5 Å². The van der Waals surface area contributed by atoms with Crippen molar-refractivity contribution in [3.05, 3.63) is 70.8 Å². The maximum Gasteiger partial charge on any atom is 0.327 e. The number of hydrogen-bond donors (Lipinski definition) is 0. The van der Waals surface area contributed by atoms with Crippen molar-refractivity contribution >= 4 is 14.5 Å². The summed E-state index contributed by atoms with van der Waals surface area (Å²) in [5.41, 5.74) is 3.33. The minimum atomic E-state index is -0.706. The van der Waals surface area contributed by atoms with Gasteiger partial charge >= 0.3 is 8.69 Å². The van der Waals surface area contributed by atoms with E-state index in [4.69, 9.17) is 9.26 Å². The minimum Gasteiger partial charge on any atom is -0.363 e. The van der Waals surface area contributed by atoms with E-state index in [1.807, 2.05) is 62.4 Å². The van der Waals surface area contributed by atoms with Gasteiger partial charge in [0, 0.05) is 5.56 Å². The van der Waals surface area contributed by atoms with Gasteiger partial charge in [-0.05, 0) is 30.5 Å². The number of carbonyl (C=O) groups excluding carboxylic acids is 1. The SMILES string of the molecule is Cc1cccc(C)c1C(=O)C(OCCOP=O)c1ccccc1. The van der Waals surface area contributed by atoms with Crippen LogP contribution in [0.4, 0.5) is 0 Å². The summed E-state index contributed by atoms with van der Waals surface area (Å²) in [7, 11) is -0.390. The highest BCUT2D eigenvalue weighted by atomic mass is 31.1. The molecule has 120 valence electrons. The van der Waals surface area contributed by atoms with E-state index < -0.39 is 14.8 Å². The number of Topliss-reactive ketones (excluding diaryl/α,β-unsaturated/α-hetero) is 1. The highest BCUT2D eigenvalue weighted by Crippen LogP contribution is 2.26. The molecule has 2 rings (SSSR count). The van der Waals surface area contributed by atoms with E-state index in [-0.39, 0.29) is 19.0 Å². The van der Waals surface area contributed by atoms with E-state index in [0.29, 0.717) is 5.56 Å². The number of rotatable bonds is 8. The summed E-state index contributed by atoms with van der Waals surface area (Å²) >= 11 is 0. The molecule has 0 aromatic heterocycles. The Hall–Kier alpha value is -1.87. The third-order valence-electron chi connectivity index (χ3n) is 3.58. The van der Waals surface area contributed by atoms with Gasteiger partial charge in [0.2, 0.25) is 0 Å². The second kappa shape index (κ2) is 8.68. The van der Waals surface area contributed by atoms with Gasteiger partial charge in [0.25, 0.3) is 0 Å². The van der Waals surface area contributed by atoms with Gasteiger partial charge in [0.1, 0.15) is 6.10 Å². The van der Waals surface area contributed by atoms with Crippen LogP contribution in [-0.4, -0.2) is 19.0 Å². The van der Waals surface area contributed by atoms with Crippen LogP contribution >= 0.6 is 8.69 Å². The Morgan fingerprint density at radius 1 is 1.00 bits per heavy atom. The van der Waals surface area contributed by atoms with Crippen molar-refractivity contribution < 1.29 is 18.6 Å². The zero-order valence-corrected chi connectivity index (χ0v) is 14.1. The van der Waals surface area contributed by atoms with Crippen molar-refractivity contribution in [2.75, 3.05) is 13.2 Å². The lowest BCUT2D eigenvalue weighted by molar-refractivity contribution is 0.0309. The van der Waals surface area contributed by atoms with Crippen LogP contribution in [0.5, 0.6) is 0 Å². The Kier molecular flexibility index (Phi) is 6.60. The zero-order chi connectivity index (χ0) is 16.7. The molecule has 0 saturated carbocycles. The second-order valence-electron chi connectivity index (χ2n) is 5.20. The Morgan fingerprint density at radius 2 is 1.65 bits per heavy atom. The number of hydrogen-bond acceptors (Lipinski definition) is 4. The van der Waals surface area contributed by atoms with Crippen LogP contribution in [0.25, 0.3) is 0 Å². The Balaban J connectivity index is 2.29. The van der Waals surface area contributed by atoms with E-state index in [1.165, 1.54) is 0 Å². The fraction of sp³-hybridized carbons (Fsp3) is 0.278. The van der Waals surface area contributed by atoms with Crippen molar-refractivity contribution in [3.63, 3.8) is 0 Å². The highest BCUT2D eigenvalue weighted by molar-refractivity contribution is 7.17. The van der Waals surface area contributed by atoms with E-state index >= 15 is 0 Å². The first-order valence-corrected chi connectivity index (χ1v) is 8.09. The van der Waals surface area contributed by atoms with E-state index in [9.17, 15) is 9.36 Å². The summed E-state index contributed by atoms with van der Waals surface area (Å²) in [6.45, 7) is 4.18. The molecule has 1 unspecified atom stereocenters. The summed E-state index contributed by atoms with van der Waals surface area (Å²) in [4.78, 5) is 13.0. The maximum absolute atomic E-state index is 13.0. The molecule has 2 aromatic carbocycles. The number of benzene rings is 2. The van der Waals surface area contributed by atoms with Crippen molar-refractivity contribution in [2.45, 2.75) is 20.0 Å². The molecule has 0 fully saturated rings.